The minimum atomic E-state index is -0.710. The van der Waals surface area contributed by atoms with Crippen molar-refractivity contribution in [3.63, 3.8) is 0 Å². The Labute approximate surface area is 163 Å². The van der Waals surface area contributed by atoms with E-state index in [-0.39, 0.29) is 6.02 Å². The Morgan fingerprint density at radius 1 is 0.893 bits per heavy atom. The molecule has 0 saturated carbocycles. The topological polar surface area (TPSA) is 79.0 Å². The zero-order chi connectivity index (χ0) is 19.6. The van der Waals surface area contributed by atoms with Crippen molar-refractivity contribution < 1.29 is 14.2 Å². The van der Waals surface area contributed by atoms with E-state index in [4.69, 9.17) is 19.9 Å². The predicted molar refractivity (Wildman–Crippen MR) is 108 cm³/mol. The molecule has 0 spiro atoms. The Morgan fingerprint density at radius 2 is 1.68 bits per heavy atom. The summed E-state index contributed by atoms with van der Waals surface area (Å²) in [6.07, 6.45) is 3.49. The fourth-order valence-electron chi connectivity index (χ4n) is 3.40. The van der Waals surface area contributed by atoms with Crippen LogP contribution in [0.15, 0.2) is 72.0 Å². The maximum absolute atomic E-state index is 5.90. The molecule has 3 aromatic rings. The number of nitrogens with zero attached hydrogens (tertiary/aromatic N) is 2. The summed E-state index contributed by atoms with van der Waals surface area (Å²) in [5.74, 6) is 1.49. The SMILES string of the molecule is COc1ccc(C2(c3cccc(-c4cncc(OC)c4)c3)COC(N)=N2)cc1. The van der Waals surface area contributed by atoms with Gasteiger partial charge in [0.25, 0.3) is 6.02 Å². The van der Waals surface area contributed by atoms with Crippen LogP contribution in [0.25, 0.3) is 11.1 Å². The van der Waals surface area contributed by atoms with E-state index in [2.05, 4.69) is 16.0 Å². The van der Waals surface area contributed by atoms with Gasteiger partial charge in [-0.25, -0.2) is 4.99 Å². The smallest absolute Gasteiger partial charge is 0.283 e. The Morgan fingerprint density at radius 3 is 2.36 bits per heavy atom. The maximum Gasteiger partial charge on any atom is 0.283 e. The first-order chi connectivity index (χ1) is 13.6. The Bertz CT molecular complexity index is 1020. The van der Waals surface area contributed by atoms with Gasteiger partial charge in [0.2, 0.25) is 0 Å². The second-order valence-electron chi connectivity index (χ2n) is 6.52. The van der Waals surface area contributed by atoms with Gasteiger partial charge in [-0.1, -0.05) is 30.3 Å². The van der Waals surface area contributed by atoms with E-state index in [1.54, 1.807) is 20.4 Å². The molecular formula is C22H21N3O3. The van der Waals surface area contributed by atoms with E-state index in [1.165, 1.54) is 0 Å². The first kappa shape index (κ1) is 17.9. The number of hydrogen-bond acceptors (Lipinski definition) is 6. The van der Waals surface area contributed by atoms with Gasteiger partial charge in [-0.2, -0.15) is 0 Å². The highest BCUT2D eigenvalue weighted by Gasteiger charge is 2.40. The predicted octanol–water partition coefficient (Wildman–Crippen LogP) is 3.35. The van der Waals surface area contributed by atoms with Gasteiger partial charge in [0.15, 0.2) is 5.54 Å². The molecule has 28 heavy (non-hydrogen) atoms. The number of aromatic nitrogens is 1. The largest absolute Gasteiger partial charge is 0.497 e. The van der Waals surface area contributed by atoms with Crippen LogP contribution in [-0.2, 0) is 10.3 Å². The van der Waals surface area contributed by atoms with Crippen LogP contribution < -0.4 is 15.2 Å². The molecule has 6 nitrogen and oxygen atoms in total. The number of benzene rings is 2. The molecule has 0 bridgehead atoms. The summed E-state index contributed by atoms with van der Waals surface area (Å²) in [5.41, 5.74) is 9.13. The summed E-state index contributed by atoms with van der Waals surface area (Å²) in [4.78, 5) is 8.93. The third-order valence-electron chi connectivity index (χ3n) is 4.92. The zero-order valence-corrected chi connectivity index (χ0v) is 15.8. The van der Waals surface area contributed by atoms with Crippen molar-refractivity contribution in [3.05, 3.63) is 78.1 Å². The van der Waals surface area contributed by atoms with E-state index >= 15 is 0 Å². The lowest BCUT2D eigenvalue weighted by Crippen LogP contribution is -2.27. The monoisotopic (exact) mass is 375 g/mol. The Kier molecular flexibility index (Phi) is 4.61. The molecule has 4 rings (SSSR count). The molecule has 1 unspecified atom stereocenters. The van der Waals surface area contributed by atoms with Crippen LogP contribution in [0.3, 0.4) is 0 Å². The molecule has 1 aliphatic rings. The molecular weight excluding hydrogens is 354 g/mol. The molecule has 142 valence electrons. The summed E-state index contributed by atoms with van der Waals surface area (Å²) in [6, 6.07) is 18.1. The van der Waals surface area contributed by atoms with E-state index in [9.17, 15) is 0 Å². The van der Waals surface area contributed by atoms with Crippen LogP contribution >= 0.6 is 0 Å². The number of aliphatic imine (C=N–C) groups is 1. The van der Waals surface area contributed by atoms with Crippen LogP contribution in [0.2, 0.25) is 0 Å². The van der Waals surface area contributed by atoms with Gasteiger partial charge >= 0.3 is 0 Å². The van der Waals surface area contributed by atoms with Crippen LogP contribution in [0.1, 0.15) is 11.1 Å². The number of ether oxygens (including phenoxy) is 3. The van der Waals surface area contributed by atoms with E-state index in [0.717, 1.165) is 28.0 Å². The molecule has 6 heteroatoms. The highest BCUT2D eigenvalue weighted by Crippen LogP contribution is 2.39. The van der Waals surface area contributed by atoms with Gasteiger partial charge in [0.05, 0.1) is 20.4 Å². The minimum absolute atomic E-state index is 0.185. The fourth-order valence-corrected chi connectivity index (χ4v) is 3.40. The molecule has 0 aliphatic carbocycles. The average molecular weight is 375 g/mol. The van der Waals surface area contributed by atoms with Crippen LogP contribution in [0.4, 0.5) is 0 Å². The van der Waals surface area contributed by atoms with Gasteiger partial charge < -0.3 is 19.9 Å². The first-order valence-corrected chi connectivity index (χ1v) is 8.87. The van der Waals surface area contributed by atoms with Crippen molar-refractivity contribution in [1.82, 2.24) is 4.98 Å². The number of methoxy groups -OCH3 is 2. The fraction of sp³-hybridized carbons (Fsp3) is 0.182. The molecule has 1 aliphatic heterocycles. The summed E-state index contributed by atoms with van der Waals surface area (Å²) in [5, 5.41) is 0. The van der Waals surface area contributed by atoms with E-state index < -0.39 is 5.54 Å². The van der Waals surface area contributed by atoms with Crippen molar-refractivity contribution in [2.45, 2.75) is 5.54 Å². The van der Waals surface area contributed by atoms with E-state index in [1.807, 2.05) is 54.7 Å². The number of nitrogens with two attached hydrogens (primary N) is 1. The summed E-state index contributed by atoms with van der Waals surface area (Å²) in [6.45, 7) is 0.338. The van der Waals surface area contributed by atoms with Crippen molar-refractivity contribution in [2.24, 2.45) is 10.7 Å². The van der Waals surface area contributed by atoms with Gasteiger partial charge in [0, 0.05) is 11.8 Å². The maximum atomic E-state index is 5.90. The highest BCUT2D eigenvalue weighted by molar-refractivity contribution is 5.76. The summed E-state index contributed by atoms with van der Waals surface area (Å²) < 4.78 is 16.2. The average Bonchev–Trinajstić information content (AvgIpc) is 3.17. The molecule has 0 amide bonds. The Hall–Kier alpha value is -3.54. The van der Waals surface area contributed by atoms with Crippen molar-refractivity contribution in [3.8, 4) is 22.6 Å². The summed E-state index contributed by atoms with van der Waals surface area (Å²) in [7, 11) is 3.27. The van der Waals surface area contributed by atoms with Crippen molar-refractivity contribution in [2.75, 3.05) is 20.8 Å². The van der Waals surface area contributed by atoms with Gasteiger partial charge in [0.1, 0.15) is 18.1 Å². The quantitative estimate of drug-likeness (QED) is 0.740. The molecule has 0 saturated heterocycles. The molecule has 0 fully saturated rings. The van der Waals surface area contributed by atoms with Gasteiger partial charge in [-0.3, -0.25) is 4.98 Å². The van der Waals surface area contributed by atoms with Crippen LogP contribution in [-0.4, -0.2) is 31.8 Å². The Balaban J connectivity index is 1.81. The molecule has 1 atom stereocenters. The second-order valence-corrected chi connectivity index (χ2v) is 6.52. The van der Waals surface area contributed by atoms with E-state index in [0.29, 0.717) is 12.4 Å². The molecule has 2 heterocycles. The van der Waals surface area contributed by atoms with Crippen LogP contribution in [0, 0.1) is 0 Å². The molecule has 2 aromatic carbocycles. The third-order valence-corrected chi connectivity index (χ3v) is 4.92. The number of rotatable bonds is 5. The van der Waals surface area contributed by atoms with Crippen molar-refractivity contribution >= 4 is 6.02 Å². The van der Waals surface area contributed by atoms with Gasteiger partial charge in [-0.05, 0) is 41.0 Å². The number of amidine groups is 1. The van der Waals surface area contributed by atoms with Gasteiger partial charge in [-0.15, -0.1) is 0 Å². The molecule has 0 radical (unpaired) electrons. The zero-order valence-electron chi connectivity index (χ0n) is 15.8. The minimum Gasteiger partial charge on any atom is -0.497 e. The lowest BCUT2D eigenvalue weighted by atomic mass is 9.83. The first-order valence-electron chi connectivity index (χ1n) is 8.87. The third kappa shape index (κ3) is 3.13. The molecule has 1 aromatic heterocycles. The molecule has 2 N–H and O–H groups in total. The number of pyridine rings is 1. The standard InChI is InChI=1S/C22H21N3O3/c1-26-19-8-6-17(7-9-19)22(14-28-21(23)25-22)18-5-3-4-15(10-18)16-11-20(27-2)13-24-12-16/h3-13H,14H2,1-2H3,(H2,23,25). The second kappa shape index (κ2) is 7.23. The van der Waals surface area contributed by atoms with Crippen LogP contribution in [0.5, 0.6) is 11.5 Å². The lowest BCUT2D eigenvalue weighted by Gasteiger charge is -2.26. The highest BCUT2D eigenvalue weighted by atomic mass is 16.5. The summed E-state index contributed by atoms with van der Waals surface area (Å²) >= 11 is 0. The number of hydrogen-bond donors (Lipinski definition) is 1. The van der Waals surface area contributed by atoms with Crippen molar-refractivity contribution in [1.29, 1.82) is 0 Å². The lowest BCUT2D eigenvalue weighted by molar-refractivity contribution is 0.278. The normalized spacial score (nSPS) is 18.3.